The molecule has 1 aliphatic rings. The van der Waals surface area contributed by atoms with Crippen LogP contribution in [0.5, 0.6) is 0 Å². The van der Waals surface area contributed by atoms with Gasteiger partial charge >= 0.3 is 0 Å². The van der Waals surface area contributed by atoms with Crippen LogP contribution in [0, 0.1) is 6.92 Å². The molecule has 3 heterocycles. The smallest absolute Gasteiger partial charge is 0.276 e. The van der Waals surface area contributed by atoms with Gasteiger partial charge in [-0.05, 0) is 24.6 Å². The summed E-state index contributed by atoms with van der Waals surface area (Å²) < 4.78 is 1.52. The van der Waals surface area contributed by atoms with Gasteiger partial charge in [-0.1, -0.05) is 12.1 Å². The van der Waals surface area contributed by atoms with Gasteiger partial charge in [-0.2, -0.15) is 0 Å². The van der Waals surface area contributed by atoms with Crippen molar-refractivity contribution in [1.82, 2.24) is 14.5 Å². The summed E-state index contributed by atoms with van der Waals surface area (Å²) in [5, 5.41) is 13.6. The van der Waals surface area contributed by atoms with Crippen molar-refractivity contribution in [3.8, 4) is 0 Å². The molecule has 1 aliphatic heterocycles. The highest BCUT2D eigenvalue weighted by Crippen LogP contribution is 2.36. The Kier molecular flexibility index (Phi) is 3.85. The maximum Gasteiger partial charge on any atom is 0.276 e. The van der Waals surface area contributed by atoms with Crippen molar-refractivity contribution >= 4 is 28.1 Å². The van der Waals surface area contributed by atoms with Gasteiger partial charge in [0.2, 0.25) is 0 Å². The lowest BCUT2D eigenvalue weighted by Crippen LogP contribution is -2.36. The number of aliphatic hydroxyl groups is 1. The Balaban J connectivity index is 1.96. The molecule has 128 valence electrons. The average Bonchev–Trinajstić information content (AvgIpc) is 2.64. The number of para-hydroxylation sites is 1. The highest BCUT2D eigenvalue weighted by molar-refractivity contribution is 5.84. The number of nitrogens with zero attached hydrogens (tertiary/aromatic N) is 4. The van der Waals surface area contributed by atoms with Crippen LogP contribution in [0.1, 0.15) is 5.56 Å². The van der Waals surface area contributed by atoms with Gasteiger partial charge in [0.1, 0.15) is 17.7 Å². The molecule has 2 aromatic heterocycles. The molecule has 0 aliphatic carbocycles. The number of fused-ring (bicyclic) bond motifs is 2. The first-order chi connectivity index (χ1) is 12.2. The van der Waals surface area contributed by atoms with E-state index in [2.05, 4.69) is 15.3 Å². The van der Waals surface area contributed by atoms with Gasteiger partial charge in [0.15, 0.2) is 0 Å². The largest absolute Gasteiger partial charge is 0.395 e. The lowest BCUT2D eigenvalue weighted by atomic mass is 10.1. The number of nitrogens with one attached hydrogen (secondary N) is 1. The van der Waals surface area contributed by atoms with E-state index >= 15 is 0 Å². The quantitative estimate of drug-likeness (QED) is 0.756. The minimum absolute atomic E-state index is 0.125. The van der Waals surface area contributed by atoms with Crippen molar-refractivity contribution in [2.24, 2.45) is 0 Å². The summed E-state index contributed by atoms with van der Waals surface area (Å²) in [6.45, 7) is 3.56. The molecule has 4 rings (SSSR count). The van der Waals surface area contributed by atoms with Gasteiger partial charge in [-0.25, -0.2) is 9.97 Å². The SMILES string of the molecule is Cc1cccc2c1NCCN2c1cc2cncnc2n(CCO)c1=O. The molecule has 0 saturated heterocycles. The first-order valence-corrected chi connectivity index (χ1v) is 8.26. The molecular weight excluding hydrogens is 318 g/mol. The molecule has 0 amide bonds. The van der Waals surface area contributed by atoms with Gasteiger partial charge in [0.25, 0.3) is 5.56 Å². The average molecular weight is 337 g/mol. The fraction of sp³-hybridized carbons (Fsp3) is 0.278. The summed E-state index contributed by atoms with van der Waals surface area (Å²) in [4.78, 5) is 23.4. The first-order valence-electron chi connectivity index (χ1n) is 8.26. The standard InChI is InChI=1S/C18H19N5O2/c1-12-3-2-4-14-16(12)20-5-6-22(14)15-9-13-10-19-11-21-17(13)23(7-8-24)18(15)25/h2-4,9-11,20,24H,5-8H2,1H3. The fourth-order valence-electron chi connectivity index (χ4n) is 3.38. The summed E-state index contributed by atoms with van der Waals surface area (Å²) in [5.41, 5.74) is 4.12. The molecule has 25 heavy (non-hydrogen) atoms. The van der Waals surface area contributed by atoms with Crippen LogP contribution >= 0.6 is 0 Å². The Morgan fingerprint density at radius 2 is 2.20 bits per heavy atom. The molecule has 0 unspecified atom stereocenters. The van der Waals surface area contributed by atoms with E-state index in [1.54, 1.807) is 6.20 Å². The van der Waals surface area contributed by atoms with Gasteiger partial charge in [-0.15, -0.1) is 0 Å². The third-order valence-corrected chi connectivity index (χ3v) is 4.52. The van der Waals surface area contributed by atoms with Crippen LogP contribution in [0.3, 0.4) is 0 Å². The van der Waals surface area contributed by atoms with E-state index in [0.29, 0.717) is 17.9 Å². The number of rotatable bonds is 3. The van der Waals surface area contributed by atoms with E-state index in [9.17, 15) is 9.90 Å². The molecule has 0 atom stereocenters. The Hall–Kier alpha value is -2.93. The topological polar surface area (TPSA) is 83.3 Å². The molecule has 2 N–H and O–H groups in total. The van der Waals surface area contributed by atoms with E-state index in [0.717, 1.165) is 28.9 Å². The number of aliphatic hydroxyl groups excluding tert-OH is 1. The summed E-state index contributed by atoms with van der Waals surface area (Å²) in [6.07, 6.45) is 3.11. The maximum absolute atomic E-state index is 13.1. The van der Waals surface area contributed by atoms with E-state index in [-0.39, 0.29) is 18.7 Å². The molecular formula is C18H19N5O2. The number of benzene rings is 1. The number of hydrogen-bond acceptors (Lipinski definition) is 6. The molecule has 7 nitrogen and oxygen atoms in total. The monoisotopic (exact) mass is 337 g/mol. The van der Waals surface area contributed by atoms with Crippen LogP contribution in [-0.2, 0) is 6.54 Å². The zero-order valence-electron chi connectivity index (χ0n) is 13.9. The molecule has 3 aromatic rings. The first kappa shape index (κ1) is 15.6. The third kappa shape index (κ3) is 2.53. The second-order valence-electron chi connectivity index (χ2n) is 6.06. The van der Waals surface area contributed by atoms with Crippen molar-refractivity contribution in [1.29, 1.82) is 0 Å². The van der Waals surface area contributed by atoms with Crippen molar-refractivity contribution in [3.63, 3.8) is 0 Å². The highest BCUT2D eigenvalue weighted by Gasteiger charge is 2.23. The molecule has 7 heteroatoms. The maximum atomic E-state index is 13.1. The van der Waals surface area contributed by atoms with Crippen molar-refractivity contribution in [2.75, 3.05) is 29.9 Å². The van der Waals surface area contributed by atoms with Crippen LogP contribution in [0.25, 0.3) is 11.0 Å². The predicted molar refractivity (Wildman–Crippen MR) is 97.6 cm³/mol. The van der Waals surface area contributed by atoms with E-state index in [4.69, 9.17) is 0 Å². The fourth-order valence-corrected chi connectivity index (χ4v) is 3.38. The van der Waals surface area contributed by atoms with Crippen LogP contribution in [-0.4, -0.2) is 39.3 Å². The summed E-state index contributed by atoms with van der Waals surface area (Å²) >= 11 is 0. The normalized spacial score (nSPS) is 13.6. The zero-order chi connectivity index (χ0) is 17.4. The second-order valence-corrected chi connectivity index (χ2v) is 6.06. The summed E-state index contributed by atoms with van der Waals surface area (Å²) in [6, 6.07) is 7.89. The Morgan fingerprint density at radius 3 is 3.04 bits per heavy atom. The zero-order valence-corrected chi connectivity index (χ0v) is 13.9. The van der Waals surface area contributed by atoms with Crippen LogP contribution in [0.15, 0.2) is 41.6 Å². The lowest BCUT2D eigenvalue weighted by molar-refractivity contribution is 0.276. The minimum Gasteiger partial charge on any atom is -0.395 e. The third-order valence-electron chi connectivity index (χ3n) is 4.52. The van der Waals surface area contributed by atoms with E-state index in [1.807, 2.05) is 36.1 Å². The number of aromatic nitrogens is 3. The number of pyridine rings is 1. The van der Waals surface area contributed by atoms with Crippen LogP contribution in [0.2, 0.25) is 0 Å². The van der Waals surface area contributed by atoms with E-state index in [1.165, 1.54) is 10.9 Å². The van der Waals surface area contributed by atoms with Crippen LogP contribution in [0.4, 0.5) is 17.1 Å². The Bertz CT molecular complexity index is 998. The molecule has 0 saturated carbocycles. The molecule has 0 bridgehead atoms. The van der Waals surface area contributed by atoms with Gasteiger partial charge in [-0.3, -0.25) is 9.36 Å². The molecule has 1 aromatic carbocycles. The van der Waals surface area contributed by atoms with Crippen molar-refractivity contribution in [2.45, 2.75) is 13.5 Å². The molecule has 0 spiro atoms. The van der Waals surface area contributed by atoms with E-state index < -0.39 is 0 Å². The number of anilines is 3. The number of aryl methyl sites for hydroxylation is 1. The molecule has 0 radical (unpaired) electrons. The van der Waals surface area contributed by atoms with Crippen molar-refractivity contribution < 1.29 is 5.11 Å². The predicted octanol–water partition coefficient (Wildman–Crippen LogP) is 1.66. The minimum atomic E-state index is -0.158. The van der Waals surface area contributed by atoms with Gasteiger partial charge in [0, 0.05) is 24.7 Å². The van der Waals surface area contributed by atoms with Gasteiger partial charge < -0.3 is 15.3 Å². The summed E-state index contributed by atoms with van der Waals surface area (Å²) in [7, 11) is 0. The lowest BCUT2D eigenvalue weighted by Gasteiger charge is -2.33. The van der Waals surface area contributed by atoms with Crippen molar-refractivity contribution in [3.05, 3.63) is 52.7 Å². The van der Waals surface area contributed by atoms with Crippen LogP contribution < -0.4 is 15.8 Å². The summed E-state index contributed by atoms with van der Waals surface area (Å²) in [5.74, 6) is 0. The molecule has 0 fully saturated rings. The van der Waals surface area contributed by atoms with Gasteiger partial charge in [0.05, 0.1) is 24.5 Å². The number of hydrogen-bond donors (Lipinski definition) is 2. The highest BCUT2D eigenvalue weighted by atomic mass is 16.3. The second kappa shape index (κ2) is 6.18. The Morgan fingerprint density at radius 1 is 1.32 bits per heavy atom. The Labute approximate surface area is 144 Å².